The fourth-order valence-corrected chi connectivity index (χ4v) is 3.14. The van der Waals surface area contributed by atoms with Crippen LogP contribution in [0.1, 0.15) is 31.2 Å². The second-order valence-electron chi connectivity index (χ2n) is 5.06. The first kappa shape index (κ1) is 14.4. The lowest BCUT2D eigenvalue weighted by molar-refractivity contribution is -0.121. The normalized spacial score (nSPS) is 23.1. The lowest BCUT2D eigenvalue weighted by Crippen LogP contribution is -2.39. The van der Waals surface area contributed by atoms with Crippen LogP contribution in [0.15, 0.2) is 29.2 Å². The maximum Gasteiger partial charge on any atom is 0.224 e. The third-order valence-corrected chi connectivity index (χ3v) is 4.44. The van der Waals surface area contributed by atoms with E-state index in [-0.39, 0.29) is 18.1 Å². The molecule has 104 valence electrons. The topological polar surface area (TPSA) is 49.3 Å². The van der Waals surface area contributed by atoms with E-state index >= 15 is 0 Å². The van der Waals surface area contributed by atoms with Crippen LogP contribution in [-0.2, 0) is 11.2 Å². The quantitative estimate of drug-likeness (QED) is 0.832. The number of hydrogen-bond acceptors (Lipinski definition) is 3. The van der Waals surface area contributed by atoms with Crippen molar-refractivity contribution in [2.24, 2.45) is 0 Å². The highest BCUT2D eigenvalue weighted by Crippen LogP contribution is 2.21. The molecule has 19 heavy (non-hydrogen) atoms. The van der Waals surface area contributed by atoms with E-state index in [0.29, 0.717) is 6.42 Å². The molecular formula is C15H21NO2S. The minimum absolute atomic E-state index is 0.0860. The zero-order chi connectivity index (χ0) is 13.7. The molecule has 1 saturated carbocycles. The van der Waals surface area contributed by atoms with Crippen LogP contribution in [0.25, 0.3) is 0 Å². The van der Waals surface area contributed by atoms with Gasteiger partial charge in [-0.15, -0.1) is 11.8 Å². The number of rotatable bonds is 4. The molecule has 2 N–H and O–H groups in total. The van der Waals surface area contributed by atoms with Gasteiger partial charge in [0.25, 0.3) is 0 Å². The van der Waals surface area contributed by atoms with Gasteiger partial charge in [0.2, 0.25) is 5.91 Å². The highest BCUT2D eigenvalue weighted by molar-refractivity contribution is 7.98. The van der Waals surface area contributed by atoms with Gasteiger partial charge in [0.05, 0.1) is 12.5 Å². The molecule has 0 radical (unpaired) electrons. The third-order valence-electron chi connectivity index (χ3n) is 3.61. The van der Waals surface area contributed by atoms with Crippen LogP contribution in [0.3, 0.4) is 0 Å². The highest BCUT2D eigenvalue weighted by Gasteiger charge is 2.20. The van der Waals surface area contributed by atoms with Gasteiger partial charge in [-0.05, 0) is 43.6 Å². The Labute approximate surface area is 118 Å². The van der Waals surface area contributed by atoms with Crippen LogP contribution in [0, 0.1) is 0 Å². The lowest BCUT2D eigenvalue weighted by atomic mass is 9.93. The van der Waals surface area contributed by atoms with Gasteiger partial charge < -0.3 is 10.4 Å². The number of carbonyl (C=O) groups is 1. The molecule has 0 unspecified atom stereocenters. The van der Waals surface area contributed by atoms with Gasteiger partial charge in [-0.3, -0.25) is 4.79 Å². The van der Waals surface area contributed by atoms with Gasteiger partial charge in [-0.25, -0.2) is 0 Å². The molecule has 0 saturated heterocycles. The Morgan fingerprint density at radius 1 is 1.32 bits per heavy atom. The number of aliphatic hydroxyl groups excluding tert-OH is 1. The number of hydrogen-bond donors (Lipinski definition) is 2. The van der Waals surface area contributed by atoms with Gasteiger partial charge in [0.15, 0.2) is 0 Å². The Kier molecular flexibility index (Phi) is 5.28. The molecule has 4 heteroatoms. The molecule has 1 amide bonds. The largest absolute Gasteiger partial charge is 0.393 e. The Bertz CT molecular complexity index is 428. The van der Waals surface area contributed by atoms with E-state index < -0.39 is 0 Å². The number of nitrogens with one attached hydrogen (secondary N) is 1. The summed E-state index contributed by atoms with van der Waals surface area (Å²) in [5, 5.41) is 12.5. The van der Waals surface area contributed by atoms with Gasteiger partial charge in [0.1, 0.15) is 0 Å². The van der Waals surface area contributed by atoms with E-state index in [4.69, 9.17) is 0 Å². The van der Waals surface area contributed by atoms with Crippen molar-refractivity contribution in [3.63, 3.8) is 0 Å². The van der Waals surface area contributed by atoms with E-state index in [9.17, 15) is 9.90 Å². The molecule has 2 rings (SSSR count). The minimum atomic E-state index is -0.176. The molecule has 0 bridgehead atoms. The van der Waals surface area contributed by atoms with Crippen LogP contribution in [-0.4, -0.2) is 29.4 Å². The van der Waals surface area contributed by atoms with Gasteiger partial charge in [0, 0.05) is 10.9 Å². The van der Waals surface area contributed by atoms with Crippen molar-refractivity contribution in [3.8, 4) is 0 Å². The van der Waals surface area contributed by atoms with Crippen LogP contribution in [0.5, 0.6) is 0 Å². The third kappa shape index (κ3) is 4.25. The summed E-state index contributed by atoms with van der Waals surface area (Å²) in [7, 11) is 0. The number of aliphatic hydroxyl groups is 1. The van der Waals surface area contributed by atoms with Crippen LogP contribution in [0.2, 0.25) is 0 Å². The molecule has 1 aromatic rings. The molecule has 0 heterocycles. The molecular weight excluding hydrogens is 258 g/mol. The molecule has 1 aromatic carbocycles. The van der Waals surface area contributed by atoms with E-state index in [1.54, 1.807) is 11.8 Å². The predicted octanol–water partition coefficient (Wildman–Crippen LogP) is 2.37. The average Bonchev–Trinajstić information content (AvgIpc) is 2.42. The van der Waals surface area contributed by atoms with Crippen molar-refractivity contribution >= 4 is 17.7 Å². The van der Waals surface area contributed by atoms with Crippen molar-refractivity contribution in [1.82, 2.24) is 5.32 Å². The molecule has 0 aliphatic heterocycles. The predicted molar refractivity (Wildman–Crippen MR) is 78.3 cm³/mol. The van der Waals surface area contributed by atoms with Gasteiger partial charge in [-0.2, -0.15) is 0 Å². The van der Waals surface area contributed by atoms with E-state index in [0.717, 1.165) is 36.1 Å². The zero-order valence-electron chi connectivity index (χ0n) is 11.3. The SMILES string of the molecule is CSc1ccccc1CC(=O)NC1CCC(O)CC1. The molecule has 0 atom stereocenters. The summed E-state index contributed by atoms with van der Waals surface area (Å²) in [6.07, 6.45) is 5.66. The monoisotopic (exact) mass is 279 g/mol. The fourth-order valence-electron chi connectivity index (χ4n) is 2.52. The standard InChI is InChI=1S/C15H21NO2S/c1-19-14-5-3-2-4-11(14)10-15(18)16-12-6-8-13(17)9-7-12/h2-5,12-13,17H,6-10H2,1H3,(H,16,18). The van der Waals surface area contributed by atoms with Crippen molar-refractivity contribution < 1.29 is 9.90 Å². The number of benzene rings is 1. The second-order valence-corrected chi connectivity index (χ2v) is 5.91. The smallest absolute Gasteiger partial charge is 0.224 e. The molecule has 0 aromatic heterocycles. The van der Waals surface area contributed by atoms with Crippen molar-refractivity contribution in [2.45, 2.75) is 49.1 Å². The molecule has 1 fully saturated rings. The molecule has 1 aliphatic rings. The van der Waals surface area contributed by atoms with Crippen LogP contribution < -0.4 is 5.32 Å². The van der Waals surface area contributed by atoms with E-state index in [2.05, 4.69) is 5.32 Å². The Hall–Kier alpha value is -1.00. The number of thioether (sulfide) groups is 1. The molecule has 1 aliphatic carbocycles. The van der Waals surface area contributed by atoms with Crippen molar-refractivity contribution in [1.29, 1.82) is 0 Å². The van der Waals surface area contributed by atoms with Crippen LogP contribution in [0.4, 0.5) is 0 Å². The summed E-state index contributed by atoms with van der Waals surface area (Å²) < 4.78 is 0. The zero-order valence-corrected chi connectivity index (χ0v) is 12.1. The van der Waals surface area contributed by atoms with Gasteiger partial charge >= 0.3 is 0 Å². The van der Waals surface area contributed by atoms with Gasteiger partial charge in [-0.1, -0.05) is 18.2 Å². The summed E-state index contributed by atoms with van der Waals surface area (Å²) >= 11 is 1.67. The first-order valence-corrected chi connectivity index (χ1v) is 8.01. The minimum Gasteiger partial charge on any atom is -0.393 e. The Balaban J connectivity index is 1.87. The van der Waals surface area contributed by atoms with E-state index in [1.165, 1.54) is 0 Å². The van der Waals surface area contributed by atoms with E-state index in [1.807, 2.05) is 30.5 Å². The number of amides is 1. The summed E-state index contributed by atoms with van der Waals surface area (Å²) in [6.45, 7) is 0. The summed E-state index contributed by atoms with van der Waals surface area (Å²) in [5.74, 6) is 0.0860. The average molecular weight is 279 g/mol. The lowest BCUT2D eigenvalue weighted by Gasteiger charge is -2.26. The second kappa shape index (κ2) is 6.96. The summed E-state index contributed by atoms with van der Waals surface area (Å²) in [6, 6.07) is 8.26. The molecule has 3 nitrogen and oxygen atoms in total. The highest BCUT2D eigenvalue weighted by atomic mass is 32.2. The van der Waals surface area contributed by atoms with Crippen LogP contribution >= 0.6 is 11.8 Å². The van der Waals surface area contributed by atoms with Crippen molar-refractivity contribution in [2.75, 3.05) is 6.26 Å². The van der Waals surface area contributed by atoms with Crippen molar-refractivity contribution in [3.05, 3.63) is 29.8 Å². The number of carbonyl (C=O) groups excluding carboxylic acids is 1. The Morgan fingerprint density at radius 3 is 2.68 bits per heavy atom. The first-order chi connectivity index (χ1) is 9.19. The molecule has 0 spiro atoms. The maximum atomic E-state index is 12.0. The first-order valence-electron chi connectivity index (χ1n) is 6.78. The summed E-state index contributed by atoms with van der Waals surface area (Å²) in [5.41, 5.74) is 1.09. The maximum absolute atomic E-state index is 12.0. The Morgan fingerprint density at radius 2 is 2.00 bits per heavy atom. The summed E-state index contributed by atoms with van der Waals surface area (Å²) in [4.78, 5) is 13.2. The fraction of sp³-hybridized carbons (Fsp3) is 0.533.